The third-order valence-electron chi connectivity index (χ3n) is 3.85. The third kappa shape index (κ3) is 3.60. The van der Waals surface area contributed by atoms with E-state index in [0.29, 0.717) is 17.0 Å². The lowest BCUT2D eigenvalue weighted by Crippen LogP contribution is -2.35. The zero-order valence-corrected chi connectivity index (χ0v) is 12.7. The summed E-state index contributed by atoms with van der Waals surface area (Å²) in [4.78, 5) is 0. The molecule has 1 unspecified atom stereocenters. The zero-order chi connectivity index (χ0) is 15.6. The molecule has 0 aliphatic heterocycles. The van der Waals surface area contributed by atoms with Crippen molar-refractivity contribution in [2.75, 3.05) is 0 Å². The lowest BCUT2D eigenvalue weighted by molar-refractivity contribution is 0.0999. The molecule has 112 valence electrons. The van der Waals surface area contributed by atoms with Gasteiger partial charge in [-0.1, -0.05) is 43.6 Å². The second kappa shape index (κ2) is 6.12. The minimum absolute atomic E-state index is 0.295. The first-order valence-corrected chi connectivity index (χ1v) is 7.06. The minimum Gasteiger partial charge on any atom is -0.392 e. The molecule has 1 N–H and O–H groups in total. The van der Waals surface area contributed by atoms with Crippen LogP contribution in [-0.2, 0) is 11.8 Å². The van der Waals surface area contributed by atoms with Crippen molar-refractivity contribution in [2.45, 2.75) is 31.8 Å². The standard InChI is InChI=1S/C17H17ClF2O/c1-17(2,12-4-7-13(19)8-5-12)16(21)9-11-3-6-14(20)10-15(11)18/h3-8,10,16,21H,9H2,1-2H3. The number of aliphatic hydroxyl groups is 1. The minimum atomic E-state index is -0.731. The van der Waals surface area contributed by atoms with Crippen LogP contribution in [0, 0.1) is 11.6 Å². The van der Waals surface area contributed by atoms with E-state index in [0.717, 1.165) is 5.56 Å². The maximum atomic E-state index is 13.0. The first-order chi connectivity index (χ1) is 9.80. The molecule has 2 rings (SSSR count). The molecule has 0 bridgehead atoms. The zero-order valence-electron chi connectivity index (χ0n) is 11.9. The molecule has 2 aromatic rings. The fourth-order valence-electron chi connectivity index (χ4n) is 2.22. The monoisotopic (exact) mass is 310 g/mol. The van der Waals surface area contributed by atoms with Gasteiger partial charge in [0, 0.05) is 16.9 Å². The van der Waals surface area contributed by atoms with Gasteiger partial charge in [0.05, 0.1) is 6.10 Å². The van der Waals surface area contributed by atoms with E-state index in [2.05, 4.69) is 0 Å². The fraction of sp³-hybridized carbons (Fsp3) is 0.294. The van der Waals surface area contributed by atoms with Crippen LogP contribution in [0.3, 0.4) is 0 Å². The Morgan fingerprint density at radius 3 is 2.19 bits per heavy atom. The Hall–Kier alpha value is -1.45. The Morgan fingerprint density at radius 2 is 1.62 bits per heavy atom. The fourth-order valence-corrected chi connectivity index (χ4v) is 2.47. The Labute approximate surface area is 128 Å². The molecule has 0 heterocycles. The normalized spacial score (nSPS) is 13.2. The van der Waals surface area contributed by atoms with Gasteiger partial charge < -0.3 is 5.11 Å². The molecule has 4 heteroatoms. The molecule has 0 spiro atoms. The van der Waals surface area contributed by atoms with Gasteiger partial charge in [0.25, 0.3) is 0 Å². The molecule has 0 saturated heterocycles. The van der Waals surface area contributed by atoms with Crippen molar-refractivity contribution >= 4 is 11.6 Å². The van der Waals surface area contributed by atoms with E-state index >= 15 is 0 Å². The van der Waals surface area contributed by atoms with Crippen molar-refractivity contribution < 1.29 is 13.9 Å². The van der Waals surface area contributed by atoms with E-state index in [1.165, 1.54) is 24.3 Å². The first kappa shape index (κ1) is 15.9. The summed E-state index contributed by atoms with van der Waals surface area (Å²) in [5.74, 6) is -0.721. The van der Waals surface area contributed by atoms with E-state index < -0.39 is 17.3 Å². The second-order valence-electron chi connectivity index (χ2n) is 5.68. The highest BCUT2D eigenvalue weighted by Gasteiger charge is 2.30. The van der Waals surface area contributed by atoms with Crippen LogP contribution in [0.15, 0.2) is 42.5 Å². The quantitative estimate of drug-likeness (QED) is 0.881. The molecule has 2 aromatic carbocycles. The second-order valence-corrected chi connectivity index (χ2v) is 6.09. The number of benzene rings is 2. The van der Waals surface area contributed by atoms with Gasteiger partial charge in [-0.25, -0.2) is 8.78 Å². The molecule has 0 fully saturated rings. The smallest absolute Gasteiger partial charge is 0.124 e. The summed E-state index contributed by atoms with van der Waals surface area (Å²) in [6.07, 6.45) is -0.435. The number of aliphatic hydroxyl groups excluding tert-OH is 1. The summed E-state index contributed by atoms with van der Waals surface area (Å²) in [5.41, 5.74) is 0.932. The van der Waals surface area contributed by atoms with E-state index in [1.807, 2.05) is 13.8 Å². The molecule has 21 heavy (non-hydrogen) atoms. The molecule has 1 atom stereocenters. The SMILES string of the molecule is CC(C)(c1ccc(F)cc1)C(O)Cc1ccc(F)cc1Cl. The summed E-state index contributed by atoms with van der Waals surface area (Å²) in [5, 5.41) is 10.8. The maximum absolute atomic E-state index is 13.0. The van der Waals surface area contributed by atoms with Gasteiger partial charge in [-0.2, -0.15) is 0 Å². The summed E-state index contributed by atoms with van der Waals surface area (Å²) >= 11 is 5.99. The van der Waals surface area contributed by atoms with Crippen molar-refractivity contribution in [3.05, 3.63) is 70.2 Å². The predicted octanol–water partition coefficient (Wildman–Crippen LogP) is 4.50. The molecule has 0 radical (unpaired) electrons. The first-order valence-electron chi connectivity index (χ1n) is 6.69. The molecular formula is C17H17ClF2O. The van der Waals surface area contributed by atoms with Gasteiger partial charge in [-0.15, -0.1) is 0 Å². The summed E-state index contributed by atoms with van der Waals surface area (Å²) in [6, 6.07) is 10.2. The predicted molar refractivity (Wildman–Crippen MR) is 80.5 cm³/mol. The lowest BCUT2D eigenvalue weighted by atomic mass is 9.77. The van der Waals surface area contributed by atoms with Crippen LogP contribution in [0.2, 0.25) is 5.02 Å². The van der Waals surface area contributed by atoms with Crippen LogP contribution >= 0.6 is 11.6 Å². The van der Waals surface area contributed by atoms with Gasteiger partial charge in [-0.05, 0) is 35.4 Å². The average molecular weight is 311 g/mol. The van der Waals surface area contributed by atoms with Gasteiger partial charge in [0.2, 0.25) is 0 Å². The Kier molecular flexibility index (Phi) is 4.64. The molecule has 1 nitrogen and oxygen atoms in total. The third-order valence-corrected chi connectivity index (χ3v) is 4.20. The van der Waals surface area contributed by atoms with E-state index in [4.69, 9.17) is 11.6 Å². The molecule has 0 aliphatic rings. The Balaban J connectivity index is 2.21. The van der Waals surface area contributed by atoms with Gasteiger partial charge in [0.1, 0.15) is 11.6 Å². The van der Waals surface area contributed by atoms with Crippen molar-refractivity contribution in [3.8, 4) is 0 Å². The van der Waals surface area contributed by atoms with Crippen molar-refractivity contribution in [1.82, 2.24) is 0 Å². The van der Waals surface area contributed by atoms with E-state index in [1.54, 1.807) is 18.2 Å². The lowest BCUT2D eigenvalue weighted by Gasteiger charge is -2.31. The van der Waals surface area contributed by atoms with Gasteiger partial charge in [0.15, 0.2) is 0 Å². The highest BCUT2D eigenvalue weighted by molar-refractivity contribution is 6.31. The van der Waals surface area contributed by atoms with Crippen LogP contribution < -0.4 is 0 Å². The summed E-state index contributed by atoms with van der Waals surface area (Å²) < 4.78 is 26.0. The summed E-state index contributed by atoms with van der Waals surface area (Å²) in [6.45, 7) is 3.75. The molecule has 0 saturated carbocycles. The topological polar surface area (TPSA) is 20.2 Å². The Bertz CT molecular complexity index is 623. The van der Waals surface area contributed by atoms with Crippen LogP contribution in [0.5, 0.6) is 0 Å². The largest absolute Gasteiger partial charge is 0.392 e. The molecule has 0 aliphatic carbocycles. The van der Waals surface area contributed by atoms with Crippen LogP contribution in [-0.4, -0.2) is 11.2 Å². The van der Waals surface area contributed by atoms with E-state index in [-0.39, 0.29) is 5.82 Å². The highest BCUT2D eigenvalue weighted by Crippen LogP contribution is 2.30. The Morgan fingerprint density at radius 1 is 1.05 bits per heavy atom. The van der Waals surface area contributed by atoms with Crippen LogP contribution in [0.1, 0.15) is 25.0 Å². The van der Waals surface area contributed by atoms with Gasteiger partial charge in [-0.3, -0.25) is 0 Å². The number of hydrogen-bond acceptors (Lipinski definition) is 1. The summed E-state index contributed by atoms with van der Waals surface area (Å²) in [7, 11) is 0. The molecule has 0 aromatic heterocycles. The van der Waals surface area contributed by atoms with E-state index in [9.17, 15) is 13.9 Å². The number of rotatable bonds is 4. The van der Waals surface area contributed by atoms with Crippen molar-refractivity contribution in [2.24, 2.45) is 0 Å². The number of hydrogen-bond donors (Lipinski definition) is 1. The van der Waals surface area contributed by atoms with Crippen LogP contribution in [0.4, 0.5) is 8.78 Å². The number of halogens is 3. The van der Waals surface area contributed by atoms with Crippen molar-refractivity contribution in [1.29, 1.82) is 0 Å². The maximum Gasteiger partial charge on any atom is 0.124 e. The molecule has 0 amide bonds. The average Bonchev–Trinajstić information content (AvgIpc) is 2.42. The highest BCUT2D eigenvalue weighted by atomic mass is 35.5. The van der Waals surface area contributed by atoms with Crippen LogP contribution in [0.25, 0.3) is 0 Å². The molecular weight excluding hydrogens is 294 g/mol. The van der Waals surface area contributed by atoms with Gasteiger partial charge >= 0.3 is 0 Å². The van der Waals surface area contributed by atoms with Crippen molar-refractivity contribution in [3.63, 3.8) is 0 Å².